The molecular formula is C13H16N2O3S. The van der Waals surface area contributed by atoms with Gasteiger partial charge in [-0.3, -0.25) is 4.79 Å². The van der Waals surface area contributed by atoms with E-state index in [1.54, 1.807) is 5.38 Å². The van der Waals surface area contributed by atoms with Crippen molar-refractivity contribution in [3.05, 3.63) is 16.1 Å². The smallest absolute Gasteiger partial charge is 0.365 e. The zero-order valence-electron chi connectivity index (χ0n) is 10.5. The summed E-state index contributed by atoms with van der Waals surface area (Å²) in [5.74, 6) is -0.533. The summed E-state index contributed by atoms with van der Waals surface area (Å²) in [4.78, 5) is 29.1. The van der Waals surface area contributed by atoms with E-state index in [4.69, 9.17) is 5.11 Å². The third-order valence-corrected chi connectivity index (χ3v) is 5.01. The van der Waals surface area contributed by atoms with E-state index in [9.17, 15) is 9.59 Å². The Morgan fingerprint density at radius 3 is 2.84 bits per heavy atom. The highest BCUT2D eigenvalue weighted by molar-refractivity contribution is 7.11. The molecule has 2 heterocycles. The van der Waals surface area contributed by atoms with Gasteiger partial charge in [-0.1, -0.05) is 12.8 Å². The third kappa shape index (κ3) is 2.25. The highest BCUT2D eigenvalue weighted by atomic mass is 32.1. The Kier molecular flexibility index (Phi) is 3.26. The molecule has 2 fully saturated rings. The monoisotopic (exact) mass is 280 g/mol. The van der Waals surface area contributed by atoms with Crippen LogP contribution in [0.15, 0.2) is 5.38 Å². The first-order valence-corrected chi connectivity index (χ1v) is 7.54. The molecule has 102 valence electrons. The van der Waals surface area contributed by atoms with E-state index in [2.05, 4.69) is 4.98 Å². The van der Waals surface area contributed by atoms with E-state index in [-0.39, 0.29) is 16.6 Å². The number of aromatic carboxylic acids is 1. The molecule has 19 heavy (non-hydrogen) atoms. The second-order valence-electron chi connectivity index (χ2n) is 5.24. The van der Waals surface area contributed by atoms with Crippen LogP contribution in [0.1, 0.15) is 52.4 Å². The van der Waals surface area contributed by atoms with Gasteiger partial charge in [0.25, 0.3) is 5.91 Å². The van der Waals surface area contributed by atoms with Gasteiger partial charge in [-0.2, -0.15) is 0 Å². The number of likely N-dealkylation sites (tertiary alicyclic amines) is 1. The molecule has 3 rings (SSSR count). The van der Waals surface area contributed by atoms with Crippen molar-refractivity contribution in [2.75, 3.05) is 6.54 Å². The molecule has 0 bridgehead atoms. The molecule has 2 unspecified atom stereocenters. The quantitative estimate of drug-likeness (QED) is 0.902. The Bertz CT molecular complexity index is 514. The largest absolute Gasteiger partial charge is 0.476 e. The Morgan fingerprint density at radius 1 is 1.32 bits per heavy atom. The highest BCUT2D eigenvalue weighted by Gasteiger charge is 2.39. The predicted molar refractivity (Wildman–Crippen MR) is 70.5 cm³/mol. The fourth-order valence-electron chi connectivity index (χ4n) is 3.28. The summed E-state index contributed by atoms with van der Waals surface area (Å²) < 4.78 is 0. The van der Waals surface area contributed by atoms with Crippen LogP contribution in [0.25, 0.3) is 0 Å². The van der Waals surface area contributed by atoms with E-state index in [0.717, 1.165) is 30.7 Å². The topological polar surface area (TPSA) is 70.5 Å². The Hall–Kier alpha value is -1.43. The number of amides is 1. The number of thiazole rings is 1. The number of carboxylic acid groups (broad SMARTS) is 1. The molecule has 2 aliphatic rings. The van der Waals surface area contributed by atoms with Crippen molar-refractivity contribution >= 4 is 23.2 Å². The lowest BCUT2D eigenvalue weighted by Crippen LogP contribution is -2.39. The molecular weight excluding hydrogens is 264 g/mol. The summed E-state index contributed by atoms with van der Waals surface area (Å²) in [6.07, 6.45) is 5.82. The van der Waals surface area contributed by atoms with Gasteiger partial charge in [-0.25, -0.2) is 9.78 Å². The molecule has 5 nitrogen and oxygen atoms in total. The van der Waals surface area contributed by atoms with Crippen molar-refractivity contribution in [3.8, 4) is 0 Å². The molecule has 1 aromatic heterocycles. The zero-order chi connectivity index (χ0) is 13.4. The average Bonchev–Trinajstić information content (AvgIpc) is 3.05. The maximum atomic E-state index is 12.4. The SMILES string of the molecule is O=C(O)c1nc(C(=O)N2CCC3CCCCC32)cs1. The number of fused-ring (bicyclic) bond motifs is 1. The summed E-state index contributed by atoms with van der Waals surface area (Å²) in [5, 5.41) is 10.4. The van der Waals surface area contributed by atoms with E-state index in [0.29, 0.717) is 12.0 Å². The summed E-state index contributed by atoms with van der Waals surface area (Å²) in [6, 6.07) is 0.344. The summed E-state index contributed by atoms with van der Waals surface area (Å²) in [5.41, 5.74) is 0.286. The molecule has 1 aliphatic carbocycles. The van der Waals surface area contributed by atoms with Crippen LogP contribution in [0.5, 0.6) is 0 Å². The first-order chi connectivity index (χ1) is 9.16. The predicted octanol–water partition coefficient (Wildman–Crippen LogP) is 2.25. The lowest BCUT2D eigenvalue weighted by atomic mass is 9.85. The summed E-state index contributed by atoms with van der Waals surface area (Å²) >= 11 is 1.02. The maximum absolute atomic E-state index is 12.4. The number of nitrogens with zero attached hydrogens (tertiary/aromatic N) is 2. The van der Waals surface area contributed by atoms with Gasteiger partial charge in [-0.15, -0.1) is 11.3 Å². The van der Waals surface area contributed by atoms with Gasteiger partial charge in [0.05, 0.1) is 0 Å². The van der Waals surface area contributed by atoms with Crippen molar-refractivity contribution in [1.29, 1.82) is 0 Å². The number of carbonyl (C=O) groups excluding carboxylic acids is 1. The molecule has 0 aromatic carbocycles. The van der Waals surface area contributed by atoms with Crippen LogP contribution in [0.2, 0.25) is 0 Å². The molecule has 1 saturated heterocycles. The molecule has 1 N–H and O–H groups in total. The van der Waals surface area contributed by atoms with Crippen molar-refractivity contribution in [2.24, 2.45) is 5.92 Å². The van der Waals surface area contributed by atoms with Gasteiger partial charge in [0.2, 0.25) is 5.01 Å². The van der Waals surface area contributed by atoms with Crippen molar-refractivity contribution in [3.63, 3.8) is 0 Å². The Balaban J connectivity index is 1.77. The fourth-order valence-corrected chi connectivity index (χ4v) is 3.90. The summed E-state index contributed by atoms with van der Waals surface area (Å²) in [7, 11) is 0. The van der Waals surface area contributed by atoms with E-state index in [1.165, 1.54) is 19.3 Å². The molecule has 1 saturated carbocycles. The van der Waals surface area contributed by atoms with Gasteiger partial charge in [-0.05, 0) is 25.2 Å². The van der Waals surface area contributed by atoms with Crippen LogP contribution in [0.3, 0.4) is 0 Å². The average molecular weight is 280 g/mol. The Morgan fingerprint density at radius 2 is 2.11 bits per heavy atom. The van der Waals surface area contributed by atoms with Crippen molar-refractivity contribution < 1.29 is 14.7 Å². The second kappa shape index (κ2) is 4.92. The minimum absolute atomic E-state index is 0.0114. The molecule has 1 aliphatic heterocycles. The molecule has 0 radical (unpaired) electrons. The van der Waals surface area contributed by atoms with Crippen LogP contribution in [-0.2, 0) is 0 Å². The van der Waals surface area contributed by atoms with Crippen LogP contribution in [0, 0.1) is 5.92 Å². The summed E-state index contributed by atoms with van der Waals surface area (Å²) in [6.45, 7) is 0.786. The standard InChI is InChI=1S/C13H16N2O3S/c16-12(9-7-19-11(14-9)13(17)18)15-6-5-8-3-1-2-4-10(8)15/h7-8,10H,1-6H2,(H,17,18). The lowest BCUT2D eigenvalue weighted by molar-refractivity contribution is 0.0683. The van der Waals surface area contributed by atoms with Gasteiger partial charge >= 0.3 is 5.97 Å². The minimum atomic E-state index is -1.07. The van der Waals surface area contributed by atoms with E-state index in [1.807, 2.05) is 4.90 Å². The highest BCUT2D eigenvalue weighted by Crippen LogP contribution is 2.36. The molecule has 2 atom stereocenters. The number of hydrogen-bond acceptors (Lipinski definition) is 4. The van der Waals surface area contributed by atoms with Gasteiger partial charge in [0.1, 0.15) is 5.69 Å². The number of carbonyl (C=O) groups is 2. The fraction of sp³-hybridized carbons (Fsp3) is 0.615. The Labute approximate surface area is 115 Å². The normalized spacial score (nSPS) is 26.2. The number of carboxylic acids is 1. The van der Waals surface area contributed by atoms with Gasteiger partial charge < -0.3 is 10.0 Å². The van der Waals surface area contributed by atoms with Crippen molar-refractivity contribution in [2.45, 2.75) is 38.1 Å². The molecule has 6 heteroatoms. The van der Waals surface area contributed by atoms with Gasteiger partial charge in [0, 0.05) is 18.0 Å². The van der Waals surface area contributed by atoms with E-state index >= 15 is 0 Å². The molecule has 1 amide bonds. The first-order valence-electron chi connectivity index (χ1n) is 6.66. The van der Waals surface area contributed by atoms with Crippen LogP contribution in [0.4, 0.5) is 0 Å². The zero-order valence-corrected chi connectivity index (χ0v) is 11.4. The lowest BCUT2D eigenvalue weighted by Gasteiger charge is -2.31. The van der Waals surface area contributed by atoms with Crippen LogP contribution >= 0.6 is 11.3 Å². The maximum Gasteiger partial charge on any atom is 0.365 e. The third-order valence-electron chi connectivity index (χ3n) is 4.18. The second-order valence-corrected chi connectivity index (χ2v) is 6.10. The number of aromatic nitrogens is 1. The van der Waals surface area contributed by atoms with Crippen LogP contribution < -0.4 is 0 Å². The number of rotatable bonds is 2. The van der Waals surface area contributed by atoms with Crippen molar-refractivity contribution in [1.82, 2.24) is 9.88 Å². The van der Waals surface area contributed by atoms with Gasteiger partial charge in [0.15, 0.2) is 0 Å². The van der Waals surface area contributed by atoms with E-state index < -0.39 is 5.97 Å². The number of hydrogen-bond donors (Lipinski definition) is 1. The molecule has 1 aromatic rings. The molecule has 0 spiro atoms. The minimum Gasteiger partial charge on any atom is -0.476 e. The van der Waals surface area contributed by atoms with Crippen LogP contribution in [-0.4, -0.2) is 39.5 Å². The first kappa shape index (κ1) is 12.6.